The van der Waals surface area contributed by atoms with Gasteiger partial charge in [-0.05, 0) is 30.3 Å². The minimum atomic E-state index is -1.05. The van der Waals surface area contributed by atoms with Gasteiger partial charge in [-0.2, -0.15) is 0 Å². The summed E-state index contributed by atoms with van der Waals surface area (Å²) in [5.41, 5.74) is 0.715. The zero-order valence-electron chi connectivity index (χ0n) is 11.0. The predicted molar refractivity (Wildman–Crippen MR) is 71.1 cm³/mol. The van der Waals surface area contributed by atoms with Crippen molar-refractivity contribution in [3.63, 3.8) is 0 Å². The number of ether oxygens (including phenoxy) is 1. The monoisotopic (exact) mass is 274 g/mol. The van der Waals surface area contributed by atoms with Crippen molar-refractivity contribution in [1.29, 1.82) is 0 Å². The van der Waals surface area contributed by atoms with Gasteiger partial charge in [0, 0.05) is 12.0 Å². The second kappa shape index (κ2) is 6.06. The number of hydrogen-bond acceptors (Lipinski definition) is 4. The molecule has 5 heteroatoms. The van der Waals surface area contributed by atoms with Crippen molar-refractivity contribution in [1.82, 2.24) is 0 Å². The van der Waals surface area contributed by atoms with E-state index in [1.165, 1.54) is 12.3 Å². The Labute approximate surface area is 115 Å². The van der Waals surface area contributed by atoms with Gasteiger partial charge in [0.1, 0.15) is 17.9 Å². The third-order valence-corrected chi connectivity index (χ3v) is 2.84. The molecule has 5 nitrogen and oxygen atoms in total. The van der Waals surface area contributed by atoms with Gasteiger partial charge in [-0.25, -0.2) is 4.79 Å². The SMILES string of the molecule is CCC(=O)c1ccc(OCc2occc2C(=O)O)cc1. The van der Waals surface area contributed by atoms with E-state index in [2.05, 4.69) is 0 Å². The molecule has 20 heavy (non-hydrogen) atoms. The number of carbonyl (C=O) groups excluding carboxylic acids is 1. The van der Waals surface area contributed by atoms with Crippen LogP contribution in [-0.4, -0.2) is 16.9 Å². The summed E-state index contributed by atoms with van der Waals surface area (Å²) in [6, 6.07) is 8.09. The Kier molecular flexibility index (Phi) is 4.20. The van der Waals surface area contributed by atoms with E-state index in [1.807, 2.05) is 0 Å². The van der Waals surface area contributed by atoms with Crippen molar-refractivity contribution < 1.29 is 23.8 Å². The van der Waals surface area contributed by atoms with Crippen LogP contribution in [-0.2, 0) is 6.61 Å². The number of ketones is 1. The van der Waals surface area contributed by atoms with Crippen LogP contribution in [0.15, 0.2) is 41.0 Å². The molecule has 0 aliphatic carbocycles. The molecule has 1 N–H and O–H groups in total. The smallest absolute Gasteiger partial charge is 0.339 e. The third-order valence-electron chi connectivity index (χ3n) is 2.84. The first kappa shape index (κ1) is 13.9. The van der Waals surface area contributed by atoms with Crippen LogP contribution in [0.5, 0.6) is 5.75 Å². The van der Waals surface area contributed by atoms with Gasteiger partial charge in [-0.1, -0.05) is 6.92 Å². The Hall–Kier alpha value is -2.56. The van der Waals surface area contributed by atoms with E-state index in [-0.39, 0.29) is 23.7 Å². The molecule has 0 saturated carbocycles. The first-order valence-corrected chi connectivity index (χ1v) is 6.17. The average molecular weight is 274 g/mol. The second-order valence-electron chi connectivity index (χ2n) is 4.15. The largest absolute Gasteiger partial charge is 0.486 e. The highest BCUT2D eigenvalue weighted by atomic mass is 16.5. The maximum atomic E-state index is 11.5. The third kappa shape index (κ3) is 3.06. The molecule has 0 saturated heterocycles. The van der Waals surface area contributed by atoms with Gasteiger partial charge in [-0.3, -0.25) is 4.79 Å². The van der Waals surface area contributed by atoms with Crippen molar-refractivity contribution in [3.05, 3.63) is 53.5 Å². The van der Waals surface area contributed by atoms with E-state index in [9.17, 15) is 9.59 Å². The highest BCUT2D eigenvalue weighted by Gasteiger charge is 2.13. The van der Waals surface area contributed by atoms with Crippen molar-refractivity contribution in [2.75, 3.05) is 0 Å². The lowest BCUT2D eigenvalue weighted by atomic mass is 10.1. The molecule has 0 amide bonds. The summed E-state index contributed by atoms with van der Waals surface area (Å²) >= 11 is 0. The van der Waals surface area contributed by atoms with Crippen LogP contribution >= 0.6 is 0 Å². The van der Waals surface area contributed by atoms with Gasteiger partial charge >= 0.3 is 5.97 Å². The number of carboxylic acid groups (broad SMARTS) is 1. The summed E-state index contributed by atoms with van der Waals surface area (Å²) < 4.78 is 10.5. The first-order chi connectivity index (χ1) is 9.61. The minimum Gasteiger partial charge on any atom is -0.486 e. The number of benzene rings is 1. The molecular formula is C15H14O5. The molecule has 1 aromatic heterocycles. The highest BCUT2D eigenvalue weighted by Crippen LogP contribution is 2.17. The molecule has 0 fully saturated rings. The molecule has 1 aromatic carbocycles. The van der Waals surface area contributed by atoms with Crippen LogP contribution in [0, 0.1) is 0 Å². The van der Waals surface area contributed by atoms with Gasteiger partial charge < -0.3 is 14.3 Å². The average Bonchev–Trinajstić information content (AvgIpc) is 2.93. The topological polar surface area (TPSA) is 76.7 Å². The number of furan rings is 1. The fraction of sp³-hybridized carbons (Fsp3) is 0.200. The molecule has 0 aliphatic rings. The number of rotatable bonds is 6. The van der Waals surface area contributed by atoms with Crippen LogP contribution in [0.4, 0.5) is 0 Å². The summed E-state index contributed by atoms with van der Waals surface area (Å²) in [7, 11) is 0. The number of carbonyl (C=O) groups is 2. The van der Waals surface area contributed by atoms with E-state index in [4.69, 9.17) is 14.3 Å². The van der Waals surface area contributed by atoms with Crippen molar-refractivity contribution in [2.24, 2.45) is 0 Å². The molecule has 2 rings (SSSR count). The number of aromatic carboxylic acids is 1. The van der Waals surface area contributed by atoms with Crippen LogP contribution in [0.3, 0.4) is 0 Å². The summed E-state index contributed by atoms with van der Waals surface area (Å²) in [6.45, 7) is 1.83. The van der Waals surface area contributed by atoms with Crippen LogP contribution in [0.2, 0.25) is 0 Å². The Bertz CT molecular complexity index is 609. The fourth-order valence-corrected chi connectivity index (χ4v) is 1.73. The van der Waals surface area contributed by atoms with Crippen LogP contribution in [0.1, 0.15) is 39.8 Å². The van der Waals surface area contributed by atoms with Crippen molar-refractivity contribution in [2.45, 2.75) is 20.0 Å². The Morgan fingerprint density at radius 2 is 1.90 bits per heavy atom. The highest BCUT2D eigenvalue weighted by molar-refractivity contribution is 5.95. The van der Waals surface area contributed by atoms with Crippen LogP contribution in [0.25, 0.3) is 0 Å². The molecule has 0 aliphatic heterocycles. The lowest BCUT2D eigenvalue weighted by molar-refractivity contribution is 0.0691. The first-order valence-electron chi connectivity index (χ1n) is 6.17. The Balaban J connectivity index is 2.02. The molecule has 2 aromatic rings. The van der Waals surface area contributed by atoms with Gasteiger partial charge in [0.2, 0.25) is 0 Å². The molecule has 104 valence electrons. The van der Waals surface area contributed by atoms with Crippen molar-refractivity contribution in [3.8, 4) is 5.75 Å². The fourth-order valence-electron chi connectivity index (χ4n) is 1.73. The Morgan fingerprint density at radius 3 is 2.50 bits per heavy atom. The Morgan fingerprint density at radius 1 is 1.20 bits per heavy atom. The summed E-state index contributed by atoms with van der Waals surface area (Å²) in [4.78, 5) is 22.4. The van der Waals surface area contributed by atoms with E-state index in [0.29, 0.717) is 17.7 Å². The van der Waals surface area contributed by atoms with Gasteiger partial charge in [-0.15, -0.1) is 0 Å². The van der Waals surface area contributed by atoms with Crippen LogP contribution < -0.4 is 4.74 Å². The molecule has 0 bridgehead atoms. The lowest BCUT2D eigenvalue weighted by Crippen LogP contribution is -2.03. The minimum absolute atomic E-state index is 0.0235. The molecule has 0 radical (unpaired) electrons. The van der Waals surface area contributed by atoms with Gasteiger partial charge in [0.05, 0.1) is 6.26 Å². The number of Topliss-reactive ketones (excluding diaryl/α,β-unsaturated/α-hetero) is 1. The van der Waals surface area contributed by atoms with Gasteiger partial charge in [0.25, 0.3) is 0 Å². The maximum absolute atomic E-state index is 11.5. The van der Waals surface area contributed by atoms with Crippen molar-refractivity contribution >= 4 is 11.8 Å². The number of hydrogen-bond donors (Lipinski definition) is 1. The zero-order chi connectivity index (χ0) is 14.5. The van der Waals surface area contributed by atoms with E-state index in [0.717, 1.165) is 0 Å². The zero-order valence-corrected chi connectivity index (χ0v) is 11.0. The predicted octanol–water partition coefficient (Wildman–Crippen LogP) is 3.15. The summed E-state index contributed by atoms with van der Waals surface area (Å²) in [6.07, 6.45) is 1.76. The number of carboxylic acids is 1. The standard InChI is InChI=1S/C15H14O5/c1-2-13(16)10-3-5-11(6-4-10)20-9-14-12(15(17)18)7-8-19-14/h3-8H,2,9H2,1H3,(H,17,18). The lowest BCUT2D eigenvalue weighted by Gasteiger charge is -2.05. The van der Waals surface area contributed by atoms with E-state index < -0.39 is 5.97 Å². The molecule has 0 unspecified atom stereocenters. The molecule has 1 heterocycles. The maximum Gasteiger partial charge on any atom is 0.339 e. The molecule has 0 atom stereocenters. The summed E-state index contributed by atoms with van der Waals surface area (Å²) in [5.74, 6) is -0.186. The summed E-state index contributed by atoms with van der Waals surface area (Å²) in [5, 5.41) is 8.92. The molecule has 0 spiro atoms. The normalized spacial score (nSPS) is 10.2. The quantitative estimate of drug-likeness (QED) is 0.819. The van der Waals surface area contributed by atoms with E-state index in [1.54, 1.807) is 31.2 Å². The van der Waals surface area contributed by atoms with E-state index >= 15 is 0 Å². The van der Waals surface area contributed by atoms with Gasteiger partial charge in [0.15, 0.2) is 11.5 Å². The second-order valence-corrected chi connectivity index (χ2v) is 4.15. The molecular weight excluding hydrogens is 260 g/mol.